The van der Waals surface area contributed by atoms with Gasteiger partial charge in [-0.15, -0.1) is 0 Å². The Morgan fingerprint density at radius 2 is 1.58 bits per heavy atom. The van der Waals surface area contributed by atoms with E-state index in [-0.39, 0.29) is 5.60 Å². The number of carbonyl (C=O) groups is 1. The first-order valence-electron chi connectivity index (χ1n) is 8.29. The van der Waals surface area contributed by atoms with Gasteiger partial charge in [0, 0.05) is 13.0 Å². The minimum Gasteiger partial charge on any atom is -0.375 e. The zero-order chi connectivity index (χ0) is 13.3. The molecule has 108 valence electrons. The third-order valence-corrected chi connectivity index (χ3v) is 5.56. The third kappa shape index (κ3) is 3.21. The van der Waals surface area contributed by atoms with Crippen molar-refractivity contribution < 1.29 is 9.53 Å². The normalized spacial score (nSPS) is 39.7. The van der Waals surface area contributed by atoms with Crippen molar-refractivity contribution in [2.24, 2.45) is 17.8 Å². The molecule has 4 fully saturated rings. The molecule has 0 N–H and O–H groups in total. The Morgan fingerprint density at radius 1 is 1.00 bits per heavy atom. The van der Waals surface area contributed by atoms with Crippen molar-refractivity contribution in [1.29, 1.82) is 0 Å². The first-order chi connectivity index (χ1) is 9.15. The highest BCUT2D eigenvalue weighted by molar-refractivity contribution is 5.75. The molecule has 0 amide bonds. The average Bonchev–Trinajstić information content (AvgIpc) is 2.31. The van der Waals surface area contributed by atoms with Crippen molar-refractivity contribution in [2.45, 2.75) is 76.7 Å². The van der Waals surface area contributed by atoms with Gasteiger partial charge in [-0.25, -0.2) is 0 Å². The Morgan fingerprint density at radius 3 is 2.11 bits per heavy atom. The van der Waals surface area contributed by atoms with Crippen LogP contribution in [0.15, 0.2) is 0 Å². The van der Waals surface area contributed by atoms with E-state index < -0.39 is 0 Å². The summed E-state index contributed by atoms with van der Waals surface area (Å²) in [7, 11) is 0. The van der Waals surface area contributed by atoms with Crippen LogP contribution in [0.3, 0.4) is 0 Å². The molecule has 0 atom stereocenters. The average molecular weight is 264 g/mol. The van der Waals surface area contributed by atoms with Gasteiger partial charge < -0.3 is 9.53 Å². The van der Waals surface area contributed by atoms with Gasteiger partial charge in [-0.05, 0) is 76.0 Å². The SMILES string of the molecule is CC(=O)CCCCCOC12CC3CC(CC(C3)C1)C2. The zero-order valence-corrected chi connectivity index (χ0v) is 12.3. The number of ether oxygens (including phenoxy) is 1. The quantitative estimate of drug-likeness (QED) is 0.646. The van der Waals surface area contributed by atoms with Crippen LogP contribution in [0.1, 0.15) is 71.1 Å². The zero-order valence-electron chi connectivity index (χ0n) is 12.3. The fourth-order valence-corrected chi connectivity index (χ4v) is 5.15. The fraction of sp³-hybridized carbons (Fsp3) is 0.941. The van der Waals surface area contributed by atoms with Crippen LogP contribution in [-0.4, -0.2) is 18.0 Å². The lowest BCUT2D eigenvalue weighted by atomic mass is 9.54. The Balaban J connectivity index is 1.39. The van der Waals surface area contributed by atoms with Crippen LogP contribution in [0.4, 0.5) is 0 Å². The molecule has 0 spiro atoms. The van der Waals surface area contributed by atoms with Crippen molar-refractivity contribution in [1.82, 2.24) is 0 Å². The maximum absolute atomic E-state index is 10.9. The Hall–Kier alpha value is -0.370. The second-order valence-electron chi connectivity index (χ2n) is 7.46. The lowest BCUT2D eigenvalue weighted by Gasteiger charge is -2.56. The summed E-state index contributed by atoms with van der Waals surface area (Å²) >= 11 is 0. The van der Waals surface area contributed by atoms with E-state index in [2.05, 4.69) is 0 Å². The number of hydrogen-bond donors (Lipinski definition) is 0. The maximum atomic E-state index is 10.9. The number of carbonyl (C=O) groups excluding carboxylic acids is 1. The van der Waals surface area contributed by atoms with Gasteiger partial charge in [0.25, 0.3) is 0 Å². The van der Waals surface area contributed by atoms with Crippen LogP contribution >= 0.6 is 0 Å². The molecule has 4 rings (SSSR count). The molecule has 4 aliphatic carbocycles. The first-order valence-corrected chi connectivity index (χ1v) is 8.29. The van der Waals surface area contributed by atoms with E-state index in [1.807, 2.05) is 0 Å². The molecular formula is C17H28O2. The first kappa shape index (κ1) is 13.6. The largest absolute Gasteiger partial charge is 0.375 e. The predicted molar refractivity (Wildman–Crippen MR) is 76.0 cm³/mol. The van der Waals surface area contributed by atoms with Gasteiger partial charge >= 0.3 is 0 Å². The van der Waals surface area contributed by atoms with Crippen molar-refractivity contribution in [3.8, 4) is 0 Å². The number of Topliss-reactive ketones (excluding diaryl/α,β-unsaturated/α-hetero) is 1. The molecule has 19 heavy (non-hydrogen) atoms. The van der Waals surface area contributed by atoms with E-state index in [4.69, 9.17) is 4.74 Å². The van der Waals surface area contributed by atoms with Crippen LogP contribution in [0.2, 0.25) is 0 Å². The molecule has 2 heteroatoms. The van der Waals surface area contributed by atoms with E-state index in [0.29, 0.717) is 5.78 Å². The molecule has 0 saturated heterocycles. The minimum atomic E-state index is 0.273. The summed E-state index contributed by atoms with van der Waals surface area (Å²) in [4.78, 5) is 10.9. The number of unbranched alkanes of at least 4 members (excludes halogenated alkanes) is 2. The maximum Gasteiger partial charge on any atom is 0.129 e. The van der Waals surface area contributed by atoms with Crippen LogP contribution in [0, 0.1) is 17.8 Å². The van der Waals surface area contributed by atoms with Crippen molar-refractivity contribution >= 4 is 5.78 Å². The van der Waals surface area contributed by atoms with Gasteiger partial charge in [0.15, 0.2) is 0 Å². The lowest BCUT2D eigenvalue weighted by molar-refractivity contribution is -0.162. The fourth-order valence-electron chi connectivity index (χ4n) is 5.15. The lowest BCUT2D eigenvalue weighted by Crippen LogP contribution is -2.52. The molecule has 0 aromatic carbocycles. The van der Waals surface area contributed by atoms with Crippen LogP contribution < -0.4 is 0 Å². The van der Waals surface area contributed by atoms with Gasteiger partial charge in [0.05, 0.1) is 5.60 Å². The van der Waals surface area contributed by atoms with Crippen molar-refractivity contribution in [3.05, 3.63) is 0 Å². The molecule has 4 saturated carbocycles. The smallest absolute Gasteiger partial charge is 0.129 e. The number of ketones is 1. The molecule has 4 aliphatic rings. The summed E-state index contributed by atoms with van der Waals surface area (Å²) in [6.45, 7) is 2.61. The summed E-state index contributed by atoms with van der Waals surface area (Å²) in [5.74, 6) is 3.25. The topological polar surface area (TPSA) is 26.3 Å². The van der Waals surface area contributed by atoms with Crippen molar-refractivity contribution in [3.63, 3.8) is 0 Å². The van der Waals surface area contributed by atoms with E-state index in [1.165, 1.54) is 38.5 Å². The molecule has 0 aliphatic heterocycles. The van der Waals surface area contributed by atoms with Crippen molar-refractivity contribution in [2.75, 3.05) is 6.61 Å². The summed E-state index contributed by atoms with van der Waals surface area (Å²) in [5.41, 5.74) is 0.273. The number of hydrogen-bond acceptors (Lipinski definition) is 2. The van der Waals surface area contributed by atoms with Gasteiger partial charge in [-0.1, -0.05) is 6.42 Å². The Kier molecular flexibility index (Phi) is 3.98. The highest BCUT2D eigenvalue weighted by Gasteiger charge is 2.51. The predicted octanol–water partition coefficient (Wildman–Crippen LogP) is 4.12. The third-order valence-electron chi connectivity index (χ3n) is 5.56. The minimum absolute atomic E-state index is 0.273. The van der Waals surface area contributed by atoms with Gasteiger partial charge in [-0.2, -0.15) is 0 Å². The monoisotopic (exact) mass is 264 g/mol. The van der Waals surface area contributed by atoms with Crippen LogP contribution in [-0.2, 0) is 9.53 Å². The summed E-state index contributed by atoms with van der Waals surface area (Å²) in [6, 6.07) is 0. The second-order valence-corrected chi connectivity index (χ2v) is 7.46. The van der Waals surface area contributed by atoms with Gasteiger partial charge in [0.1, 0.15) is 5.78 Å². The molecule has 0 radical (unpaired) electrons. The summed E-state index contributed by atoms with van der Waals surface area (Å²) < 4.78 is 6.36. The molecule has 0 unspecified atom stereocenters. The molecule has 2 nitrogen and oxygen atoms in total. The van der Waals surface area contributed by atoms with Gasteiger partial charge in [-0.3, -0.25) is 0 Å². The molecule has 4 bridgehead atoms. The van der Waals surface area contributed by atoms with Crippen LogP contribution in [0.25, 0.3) is 0 Å². The second kappa shape index (κ2) is 5.55. The highest BCUT2D eigenvalue weighted by Crippen LogP contribution is 2.57. The van der Waals surface area contributed by atoms with E-state index in [9.17, 15) is 4.79 Å². The van der Waals surface area contributed by atoms with E-state index in [1.54, 1.807) is 6.92 Å². The standard InChI is InChI=1S/C17H28O2/c1-13(18)5-3-2-4-6-19-17-10-14-7-15(11-17)9-16(8-14)12-17/h14-16H,2-12H2,1H3. The summed E-state index contributed by atoms with van der Waals surface area (Å²) in [6.07, 6.45) is 12.5. The highest BCUT2D eigenvalue weighted by atomic mass is 16.5. The molecular weight excluding hydrogens is 236 g/mol. The number of rotatable bonds is 7. The van der Waals surface area contributed by atoms with E-state index in [0.717, 1.165) is 50.0 Å². The van der Waals surface area contributed by atoms with Crippen LogP contribution in [0.5, 0.6) is 0 Å². The summed E-state index contributed by atoms with van der Waals surface area (Å²) in [5, 5.41) is 0. The molecule has 0 aromatic rings. The Labute approximate surface area is 117 Å². The van der Waals surface area contributed by atoms with E-state index >= 15 is 0 Å². The molecule has 0 aromatic heterocycles. The van der Waals surface area contributed by atoms with Gasteiger partial charge in [0.2, 0.25) is 0 Å². The Bertz CT molecular complexity index is 299. The molecule has 0 heterocycles.